The van der Waals surface area contributed by atoms with E-state index in [1.54, 1.807) is 0 Å². The molecule has 3 rings (SSSR count). The van der Waals surface area contributed by atoms with Gasteiger partial charge in [-0.2, -0.15) is 0 Å². The van der Waals surface area contributed by atoms with Crippen molar-refractivity contribution in [1.82, 2.24) is 15.0 Å². The van der Waals surface area contributed by atoms with Crippen LogP contribution < -0.4 is 0 Å². The number of unbranched alkanes of at least 4 members (excludes halogenated alkanes) is 2. The zero-order chi connectivity index (χ0) is 15.9. The van der Waals surface area contributed by atoms with Gasteiger partial charge in [0, 0.05) is 25.2 Å². The van der Waals surface area contributed by atoms with Crippen LogP contribution in [0.2, 0.25) is 0 Å². The van der Waals surface area contributed by atoms with Gasteiger partial charge >= 0.3 is 0 Å². The fraction of sp³-hybridized carbons (Fsp3) is 0.421. The molecule has 0 aliphatic carbocycles. The van der Waals surface area contributed by atoms with Gasteiger partial charge in [-0.3, -0.25) is 0 Å². The first kappa shape index (κ1) is 16.1. The summed E-state index contributed by atoms with van der Waals surface area (Å²) in [7, 11) is 0. The number of hydrogen-bond donors (Lipinski definition) is 0. The second-order valence-electron chi connectivity index (χ2n) is 6.01. The average Bonchev–Trinajstić information content (AvgIpc) is 2.98. The molecule has 0 spiro atoms. The Morgan fingerprint density at radius 1 is 1.00 bits per heavy atom. The maximum absolute atomic E-state index is 4.80. The first-order valence-corrected chi connectivity index (χ1v) is 9.27. The maximum atomic E-state index is 4.80. The van der Waals surface area contributed by atoms with Gasteiger partial charge in [0.2, 0.25) is 0 Å². The van der Waals surface area contributed by atoms with Gasteiger partial charge in [-0.15, -0.1) is 11.3 Å². The smallest absolute Gasteiger partial charge is 0.128 e. The summed E-state index contributed by atoms with van der Waals surface area (Å²) in [6.45, 7) is 2.25. The Bertz CT molecular complexity index is 691. The summed E-state index contributed by atoms with van der Waals surface area (Å²) in [5, 5.41) is 1.24. The molecule has 1 atom stereocenters. The van der Waals surface area contributed by atoms with Crippen molar-refractivity contribution in [1.29, 1.82) is 0 Å². The molecule has 120 valence electrons. The summed E-state index contributed by atoms with van der Waals surface area (Å²) in [5.74, 6) is 1.53. The Balaban J connectivity index is 1.71. The molecule has 23 heavy (non-hydrogen) atoms. The lowest BCUT2D eigenvalue weighted by molar-refractivity contribution is 0.443. The fourth-order valence-corrected chi connectivity index (χ4v) is 3.99. The van der Waals surface area contributed by atoms with Crippen molar-refractivity contribution < 1.29 is 0 Å². The van der Waals surface area contributed by atoms with E-state index in [1.165, 1.54) is 35.4 Å². The number of para-hydroxylation sites is 1. The van der Waals surface area contributed by atoms with Crippen molar-refractivity contribution in [2.45, 2.75) is 45.4 Å². The van der Waals surface area contributed by atoms with E-state index in [-0.39, 0.29) is 0 Å². The van der Waals surface area contributed by atoms with E-state index in [2.05, 4.69) is 41.2 Å². The van der Waals surface area contributed by atoms with Crippen LogP contribution in [0.5, 0.6) is 0 Å². The number of nitrogens with zero attached hydrogens (tertiary/aromatic N) is 3. The fourth-order valence-electron chi connectivity index (χ4n) is 2.91. The van der Waals surface area contributed by atoms with Crippen molar-refractivity contribution >= 4 is 21.6 Å². The standard InChI is InChI=1S/C19H23N3S/c1-2-3-4-8-15(13-18-20-11-7-12-21-18)14-19-22-16-9-5-6-10-17(16)23-19/h5-7,9-12,15H,2-4,8,13-14H2,1H3. The van der Waals surface area contributed by atoms with Crippen LogP contribution >= 0.6 is 11.3 Å². The summed E-state index contributed by atoms with van der Waals surface area (Å²) in [5.41, 5.74) is 1.12. The lowest BCUT2D eigenvalue weighted by atomic mass is 9.94. The summed E-state index contributed by atoms with van der Waals surface area (Å²) < 4.78 is 1.28. The van der Waals surface area contributed by atoms with Gasteiger partial charge in [0.25, 0.3) is 0 Å². The molecule has 2 heterocycles. The van der Waals surface area contributed by atoms with Gasteiger partial charge in [-0.1, -0.05) is 38.3 Å². The van der Waals surface area contributed by atoms with Crippen LogP contribution in [0.3, 0.4) is 0 Å². The molecular formula is C19H23N3S. The molecule has 4 heteroatoms. The number of thiazole rings is 1. The van der Waals surface area contributed by atoms with Crippen LogP contribution in [0.15, 0.2) is 42.7 Å². The second-order valence-corrected chi connectivity index (χ2v) is 7.13. The average molecular weight is 325 g/mol. The van der Waals surface area contributed by atoms with Crippen LogP contribution in [0.25, 0.3) is 10.2 Å². The molecule has 0 amide bonds. The van der Waals surface area contributed by atoms with Crippen LogP contribution in [0.4, 0.5) is 0 Å². The van der Waals surface area contributed by atoms with Gasteiger partial charge in [-0.05, 0) is 30.5 Å². The van der Waals surface area contributed by atoms with E-state index in [0.717, 1.165) is 24.2 Å². The second kappa shape index (κ2) is 8.16. The molecule has 3 aromatic rings. The third-order valence-corrected chi connectivity index (χ3v) is 5.17. The molecule has 0 N–H and O–H groups in total. The largest absolute Gasteiger partial charge is 0.241 e. The summed E-state index contributed by atoms with van der Waals surface area (Å²) in [4.78, 5) is 13.6. The van der Waals surface area contributed by atoms with E-state index in [4.69, 9.17) is 4.98 Å². The lowest BCUT2D eigenvalue weighted by Gasteiger charge is -2.14. The molecule has 0 fully saturated rings. The number of benzene rings is 1. The van der Waals surface area contributed by atoms with Gasteiger partial charge in [0.1, 0.15) is 5.82 Å². The maximum Gasteiger partial charge on any atom is 0.128 e. The normalized spacial score (nSPS) is 12.6. The van der Waals surface area contributed by atoms with Gasteiger partial charge in [0.15, 0.2) is 0 Å². The molecule has 0 radical (unpaired) electrons. The highest BCUT2D eigenvalue weighted by Crippen LogP contribution is 2.26. The van der Waals surface area contributed by atoms with Gasteiger partial charge in [0.05, 0.1) is 15.2 Å². The highest BCUT2D eigenvalue weighted by molar-refractivity contribution is 7.18. The van der Waals surface area contributed by atoms with E-state index in [9.17, 15) is 0 Å². The van der Waals surface area contributed by atoms with Crippen molar-refractivity contribution in [3.63, 3.8) is 0 Å². The van der Waals surface area contributed by atoms with E-state index < -0.39 is 0 Å². The minimum absolute atomic E-state index is 0.574. The number of aromatic nitrogens is 3. The minimum Gasteiger partial charge on any atom is -0.241 e. The van der Waals surface area contributed by atoms with Crippen LogP contribution in [0.1, 0.15) is 43.4 Å². The highest BCUT2D eigenvalue weighted by Gasteiger charge is 2.15. The predicted octanol–water partition coefficient (Wildman–Crippen LogP) is 5.07. The quantitative estimate of drug-likeness (QED) is 0.543. The molecule has 3 nitrogen and oxygen atoms in total. The molecule has 0 bridgehead atoms. The van der Waals surface area contributed by atoms with Crippen LogP contribution in [-0.4, -0.2) is 15.0 Å². The molecule has 1 unspecified atom stereocenters. The van der Waals surface area contributed by atoms with Crippen molar-refractivity contribution in [2.75, 3.05) is 0 Å². The zero-order valence-corrected chi connectivity index (χ0v) is 14.4. The van der Waals surface area contributed by atoms with E-state index >= 15 is 0 Å². The van der Waals surface area contributed by atoms with Gasteiger partial charge in [-0.25, -0.2) is 15.0 Å². The molecule has 1 aromatic carbocycles. The van der Waals surface area contributed by atoms with Crippen LogP contribution in [0, 0.1) is 5.92 Å². The van der Waals surface area contributed by atoms with E-state index in [1.807, 2.05) is 29.8 Å². The van der Waals surface area contributed by atoms with Gasteiger partial charge < -0.3 is 0 Å². The monoisotopic (exact) mass is 325 g/mol. The SMILES string of the molecule is CCCCCC(Cc1ncccn1)Cc1nc2ccccc2s1. The van der Waals surface area contributed by atoms with Crippen molar-refractivity contribution in [3.05, 3.63) is 53.6 Å². The number of fused-ring (bicyclic) bond motifs is 1. The van der Waals surface area contributed by atoms with Crippen molar-refractivity contribution in [3.8, 4) is 0 Å². The third kappa shape index (κ3) is 4.58. The molecule has 0 aliphatic heterocycles. The summed E-state index contributed by atoms with van der Waals surface area (Å²) >= 11 is 1.82. The van der Waals surface area contributed by atoms with E-state index in [0.29, 0.717) is 5.92 Å². The molecule has 0 aliphatic rings. The summed E-state index contributed by atoms with van der Waals surface area (Å²) in [6.07, 6.45) is 10.7. The molecular weight excluding hydrogens is 302 g/mol. The Labute approximate surface area is 141 Å². The zero-order valence-electron chi connectivity index (χ0n) is 13.6. The Morgan fingerprint density at radius 3 is 2.61 bits per heavy atom. The summed E-state index contributed by atoms with van der Waals surface area (Å²) in [6, 6.07) is 10.3. The Hall–Kier alpha value is -1.81. The first-order chi connectivity index (χ1) is 11.3. The topological polar surface area (TPSA) is 38.7 Å². The highest BCUT2D eigenvalue weighted by atomic mass is 32.1. The molecule has 0 saturated heterocycles. The number of rotatable bonds is 8. The third-order valence-electron chi connectivity index (χ3n) is 4.11. The lowest BCUT2D eigenvalue weighted by Crippen LogP contribution is -2.10. The predicted molar refractivity (Wildman–Crippen MR) is 96.7 cm³/mol. The first-order valence-electron chi connectivity index (χ1n) is 8.45. The minimum atomic E-state index is 0.574. The Morgan fingerprint density at radius 2 is 1.83 bits per heavy atom. The van der Waals surface area contributed by atoms with Crippen LogP contribution in [-0.2, 0) is 12.8 Å². The van der Waals surface area contributed by atoms with Crippen molar-refractivity contribution in [2.24, 2.45) is 5.92 Å². The Kier molecular flexibility index (Phi) is 5.70. The number of hydrogen-bond acceptors (Lipinski definition) is 4. The molecule has 2 aromatic heterocycles. The molecule has 0 saturated carbocycles.